The zero-order valence-electron chi connectivity index (χ0n) is 12.9. The van der Waals surface area contributed by atoms with E-state index in [0.29, 0.717) is 0 Å². The van der Waals surface area contributed by atoms with Gasteiger partial charge in [-0.1, -0.05) is 42.5 Å². The zero-order chi connectivity index (χ0) is 15.1. The lowest BCUT2D eigenvalue weighted by molar-refractivity contribution is -0.633. The fourth-order valence-corrected chi connectivity index (χ4v) is 3.21. The molecule has 22 heavy (non-hydrogen) atoms. The minimum Gasteiger partial charge on any atom is -0.194 e. The van der Waals surface area contributed by atoms with E-state index in [-0.39, 0.29) is 0 Å². The van der Waals surface area contributed by atoms with Gasteiger partial charge in [0.1, 0.15) is 7.05 Å². The molecule has 0 spiro atoms. The van der Waals surface area contributed by atoms with Crippen LogP contribution in [0.2, 0.25) is 0 Å². The first-order valence-electron chi connectivity index (χ1n) is 7.61. The molecule has 0 unspecified atom stereocenters. The highest BCUT2D eigenvalue weighted by molar-refractivity contribution is 5.95. The number of fused-ring (bicyclic) bond motifs is 2. The third kappa shape index (κ3) is 1.98. The predicted octanol–water partition coefficient (Wildman–Crippen LogP) is 4.79. The van der Waals surface area contributed by atoms with Gasteiger partial charge in [-0.25, -0.2) is 0 Å². The standard InChI is InChI=1S/C21H18N/c1-15-7-3-6-10-19(15)20-12-11-18-13-16-8-4-5-9-17(16)14-21(18)22(20)2/h3-14H,1-2H3/q+1. The Morgan fingerprint density at radius 2 is 1.36 bits per heavy atom. The summed E-state index contributed by atoms with van der Waals surface area (Å²) >= 11 is 0. The molecule has 0 fully saturated rings. The van der Waals surface area contributed by atoms with Crippen LogP contribution in [-0.2, 0) is 7.05 Å². The summed E-state index contributed by atoms with van der Waals surface area (Å²) in [6.45, 7) is 2.17. The Hall–Kier alpha value is -2.67. The van der Waals surface area contributed by atoms with Crippen LogP contribution in [0.3, 0.4) is 0 Å². The normalized spacial score (nSPS) is 11.2. The second-order valence-corrected chi connectivity index (χ2v) is 5.85. The molecule has 1 nitrogen and oxygen atoms in total. The molecule has 4 rings (SSSR count). The van der Waals surface area contributed by atoms with Crippen molar-refractivity contribution in [1.82, 2.24) is 0 Å². The SMILES string of the molecule is Cc1ccccc1-c1ccc2cc3ccccc3cc2[n+]1C. The highest BCUT2D eigenvalue weighted by Gasteiger charge is 2.15. The maximum Gasteiger partial charge on any atom is 0.213 e. The maximum atomic E-state index is 2.30. The molecule has 0 saturated carbocycles. The Bertz CT molecular complexity index is 999. The van der Waals surface area contributed by atoms with Crippen molar-refractivity contribution in [2.75, 3.05) is 0 Å². The summed E-state index contributed by atoms with van der Waals surface area (Å²) in [5, 5.41) is 3.85. The van der Waals surface area contributed by atoms with Crippen LogP contribution in [-0.4, -0.2) is 0 Å². The average molecular weight is 284 g/mol. The average Bonchev–Trinajstić information content (AvgIpc) is 2.55. The third-order valence-electron chi connectivity index (χ3n) is 4.46. The fourth-order valence-electron chi connectivity index (χ4n) is 3.21. The van der Waals surface area contributed by atoms with Crippen LogP contribution in [0.4, 0.5) is 0 Å². The van der Waals surface area contributed by atoms with Gasteiger partial charge < -0.3 is 0 Å². The first-order valence-corrected chi connectivity index (χ1v) is 7.61. The number of rotatable bonds is 1. The Balaban J connectivity index is 2.05. The van der Waals surface area contributed by atoms with E-state index >= 15 is 0 Å². The van der Waals surface area contributed by atoms with Crippen LogP contribution in [0.5, 0.6) is 0 Å². The third-order valence-corrected chi connectivity index (χ3v) is 4.46. The summed E-state index contributed by atoms with van der Waals surface area (Å²) in [6, 6.07) is 26.1. The molecule has 4 aromatic rings. The predicted molar refractivity (Wildman–Crippen MR) is 92.8 cm³/mol. The molecular formula is C21H18N+. The first-order chi connectivity index (χ1) is 10.7. The molecule has 1 heterocycles. The van der Waals surface area contributed by atoms with Crippen molar-refractivity contribution in [3.63, 3.8) is 0 Å². The van der Waals surface area contributed by atoms with Gasteiger partial charge in [0.2, 0.25) is 11.2 Å². The lowest BCUT2D eigenvalue weighted by atomic mass is 10.0. The van der Waals surface area contributed by atoms with Crippen molar-refractivity contribution in [3.05, 3.63) is 78.4 Å². The second-order valence-electron chi connectivity index (χ2n) is 5.85. The summed E-state index contributed by atoms with van der Waals surface area (Å²) in [4.78, 5) is 0. The van der Waals surface area contributed by atoms with Crippen LogP contribution in [0.15, 0.2) is 72.8 Å². The molecule has 106 valence electrons. The van der Waals surface area contributed by atoms with Gasteiger partial charge in [0, 0.05) is 23.1 Å². The summed E-state index contributed by atoms with van der Waals surface area (Å²) in [6.07, 6.45) is 0. The number of benzene rings is 3. The van der Waals surface area contributed by atoms with E-state index in [1.165, 1.54) is 38.5 Å². The number of aryl methyl sites for hydroxylation is 2. The van der Waals surface area contributed by atoms with Crippen LogP contribution in [0.1, 0.15) is 5.56 Å². The van der Waals surface area contributed by atoms with Crippen molar-refractivity contribution >= 4 is 21.7 Å². The Kier molecular flexibility index (Phi) is 2.93. The minimum atomic E-state index is 1.25. The Morgan fingerprint density at radius 1 is 0.682 bits per heavy atom. The largest absolute Gasteiger partial charge is 0.213 e. The molecule has 0 N–H and O–H groups in total. The molecule has 1 heteroatoms. The molecule has 0 atom stereocenters. The minimum absolute atomic E-state index is 1.25. The van der Waals surface area contributed by atoms with Gasteiger partial charge in [0.15, 0.2) is 0 Å². The van der Waals surface area contributed by atoms with Crippen molar-refractivity contribution in [2.24, 2.45) is 7.05 Å². The van der Waals surface area contributed by atoms with E-state index in [9.17, 15) is 0 Å². The van der Waals surface area contributed by atoms with Gasteiger partial charge in [0.05, 0.1) is 0 Å². The maximum absolute atomic E-state index is 2.30. The molecule has 0 aliphatic rings. The van der Waals surface area contributed by atoms with Crippen LogP contribution in [0, 0.1) is 6.92 Å². The van der Waals surface area contributed by atoms with E-state index in [2.05, 4.69) is 91.3 Å². The van der Waals surface area contributed by atoms with E-state index in [0.717, 1.165) is 0 Å². The highest BCUT2D eigenvalue weighted by Crippen LogP contribution is 2.25. The zero-order valence-corrected chi connectivity index (χ0v) is 12.9. The van der Waals surface area contributed by atoms with Crippen LogP contribution < -0.4 is 4.57 Å². The molecule has 0 bridgehead atoms. The van der Waals surface area contributed by atoms with Crippen molar-refractivity contribution in [2.45, 2.75) is 6.92 Å². The molecule has 0 aliphatic heterocycles. The van der Waals surface area contributed by atoms with E-state index in [1.54, 1.807) is 0 Å². The molecular weight excluding hydrogens is 266 g/mol. The van der Waals surface area contributed by atoms with E-state index < -0.39 is 0 Å². The van der Waals surface area contributed by atoms with E-state index in [4.69, 9.17) is 0 Å². The molecule has 0 radical (unpaired) electrons. The number of hydrogen-bond acceptors (Lipinski definition) is 0. The number of pyridine rings is 1. The quantitative estimate of drug-likeness (QED) is 0.349. The lowest BCUT2D eigenvalue weighted by Crippen LogP contribution is -2.32. The molecule has 0 amide bonds. The summed E-state index contributed by atoms with van der Waals surface area (Å²) in [7, 11) is 2.15. The topological polar surface area (TPSA) is 3.88 Å². The number of hydrogen-bond donors (Lipinski definition) is 0. The van der Waals surface area contributed by atoms with Gasteiger partial charge >= 0.3 is 0 Å². The monoisotopic (exact) mass is 284 g/mol. The summed E-state index contributed by atoms with van der Waals surface area (Å²) in [5.41, 5.74) is 5.11. The Labute approximate surface area is 130 Å². The van der Waals surface area contributed by atoms with Crippen molar-refractivity contribution in [3.8, 4) is 11.3 Å². The molecule has 0 aliphatic carbocycles. The van der Waals surface area contributed by atoms with Gasteiger partial charge in [-0.3, -0.25) is 0 Å². The van der Waals surface area contributed by atoms with Crippen molar-refractivity contribution in [1.29, 1.82) is 0 Å². The molecule has 0 saturated heterocycles. The van der Waals surface area contributed by atoms with Crippen LogP contribution >= 0.6 is 0 Å². The summed E-state index contributed by atoms with van der Waals surface area (Å²) in [5.74, 6) is 0. The number of aromatic nitrogens is 1. The lowest BCUT2D eigenvalue weighted by Gasteiger charge is -2.07. The smallest absolute Gasteiger partial charge is 0.194 e. The first kappa shape index (κ1) is 13.0. The molecule has 1 aromatic heterocycles. The van der Waals surface area contributed by atoms with Gasteiger partial charge in [-0.15, -0.1) is 0 Å². The number of nitrogens with zero attached hydrogens (tertiary/aromatic N) is 1. The fraction of sp³-hybridized carbons (Fsp3) is 0.0952. The van der Waals surface area contributed by atoms with Gasteiger partial charge in [-0.2, -0.15) is 4.57 Å². The van der Waals surface area contributed by atoms with E-state index in [1.807, 2.05) is 0 Å². The highest BCUT2D eigenvalue weighted by atomic mass is 14.9. The Morgan fingerprint density at radius 3 is 2.14 bits per heavy atom. The van der Waals surface area contributed by atoms with Gasteiger partial charge in [0.25, 0.3) is 0 Å². The van der Waals surface area contributed by atoms with Gasteiger partial charge in [-0.05, 0) is 41.5 Å². The molecule has 3 aromatic carbocycles. The second kappa shape index (κ2) is 4.96. The van der Waals surface area contributed by atoms with Crippen molar-refractivity contribution < 1.29 is 4.57 Å². The summed E-state index contributed by atoms with van der Waals surface area (Å²) < 4.78 is 2.30. The van der Waals surface area contributed by atoms with Crippen LogP contribution in [0.25, 0.3) is 32.9 Å².